The zero-order valence-electron chi connectivity index (χ0n) is 14.9. The van der Waals surface area contributed by atoms with E-state index in [1.807, 2.05) is 31.2 Å². The molecule has 6 nitrogen and oxygen atoms in total. The number of anilines is 2. The number of aryl methyl sites for hydroxylation is 1. The Morgan fingerprint density at radius 3 is 2.69 bits per heavy atom. The van der Waals surface area contributed by atoms with Gasteiger partial charge in [0.2, 0.25) is 11.8 Å². The Morgan fingerprint density at radius 2 is 2.04 bits per heavy atom. The number of amides is 1. The maximum absolute atomic E-state index is 12.3. The van der Waals surface area contributed by atoms with Gasteiger partial charge < -0.3 is 9.32 Å². The number of nitrogens with one attached hydrogen (secondary N) is 1. The summed E-state index contributed by atoms with van der Waals surface area (Å²) in [7, 11) is 0. The molecule has 1 saturated heterocycles. The van der Waals surface area contributed by atoms with Crippen LogP contribution in [0.3, 0.4) is 0 Å². The highest BCUT2D eigenvalue weighted by molar-refractivity contribution is 6.30. The molecule has 2 heterocycles. The van der Waals surface area contributed by atoms with Gasteiger partial charge in [0.15, 0.2) is 0 Å². The standard InChI is InChI=1S/C19H21ClN4O2/c1-13-14(2)26-19(17(13)11-21)22-18(25)12-23-6-8-24(9-7-23)16-5-3-4-15(20)10-16/h3-5,10H,6-9,12H2,1-2H3,(H,22,25). The third-order valence-electron chi connectivity index (χ3n) is 4.66. The number of carbonyl (C=O) groups excluding carboxylic acids is 1. The van der Waals surface area contributed by atoms with Gasteiger partial charge >= 0.3 is 0 Å². The summed E-state index contributed by atoms with van der Waals surface area (Å²) >= 11 is 6.05. The second-order valence-electron chi connectivity index (χ2n) is 6.39. The Kier molecular flexibility index (Phi) is 5.50. The van der Waals surface area contributed by atoms with Crippen molar-refractivity contribution in [1.82, 2.24) is 4.90 Å². The Hall–Kier alpha value is -2.49. The normalized spacial score (nSPS) is 14.9. The summed E-state index contributed by atoms with van der Waals surface area (Å²) in [6.07, 6.45) is 0. The van der Waals surface area contributed by atoms with Crippen LogP contribution in [0.25, 0.3) is 0 Å². The van der Waals surface area contributed by atoms with E-state index >= 15 is 0 Å². The lowest BCUT2D eigenvalue weighted by atomic mass is 10.2. The first-order chi connectivity index (χ1) is 12.5. The fourth-order valence-corrected chi connectivity index (χ4v) is 3.24. The Morgan fingerprint density at radius 1 is 1.31 bits per heavy atom. The number of hydrogen-bond donors (Lipinski definition) is 1. The number of halogens is 1. The van der Waals surface area contributed by atoms with Gasteiger partial charge in [-0.05, 0) is 32.0 Å². The third kappa shape index (κ3) is 4.01. The lowest BCUT2D eigenvalue weighted by Gasteiger charge is -2.35. The molecule has 1 N–H and O–H groups in total. The van der Waals surface area contributed by atoms with E-state index in [-0.39, 0.29) is 18.3 Å². The van der Waals surface area contributed by atoms with Crippen molar-refractivity contribution in [2.45, 2.75) is 13.8 Å². The largest absolute Gasteiger partial charge is 0.444 e. The summed E-state index contributed by atoms with van der Waals surface area (Å²) in [6.45, 7) is 7.07. The van der Waals surface area contributed by atoms with Gasteiger partial charge in [-0.15, -0.1) is 0 Å². The number of nitriles is 1. The molecule has 0 bridgehead atoms. The molecule has 0 spiro atoms. The minimum atomic E-state index is -0.175. The first-order valence-corrected chi connectivity index (χ1v) is 8.88. The number of carbonyl (C=O) groups is 1. The minimum Gasteiger partial charge on any atom is -0.444 e. The fraction of sp³-hybridized carbons (Fsp3) is 0.368. The molecule has 0 aliphatic carbocycles. The average molecular weight is 373 g/mol. The number of furan rings is 1. The maximum Gasteiger partial charge on any atom is 0.240 e. The van der Waals surface area contributed by atoms with Crippen molar-refractivity contribution in [3.63, 3.8) is 0 Å². The molecule has 0 unspecified atom stereocenters. The number of benzene rings is 1. The number of nitrogens with zero attached hydrogens (tertiary/aromatic N) is 3. The summed E-state index contributed by atoms with van der Waals surface area (Å²) in [5.41, 5.74) is 2.25. The molecule has 7 heteroatoms. The van der Waals surface area contributed by atoms with Crippen molar-refractivity contribution >= 4 is 29.1 Å². The van der Waals surface area contributed by atoms with Crippen molar-refractivity contribution in [2.24, 2.45) is 0 Å². The van der Waals surface area contributed by atoms with E-state index in [0.717, 1.165) is 42.5 Å². The average Bonchev–Trinajstić information content (AvgIpc) is 2.88. The molecule has 0 radical (unpaired) electrons. The van der Waals surface area contributed by atoms with E-state index in [1.165, 1.54) is 0 Å². The van der Waals surface area contributed by atoms with Crippen molar-refractivity contribution in [3.8, 4) is 6.07 Å². The molecule has 2 aromatic rings. The van der Waals surface area contributed by atoms with Crippen LogP contribution in [0.5, 0.6) is 0 Å². The van der Waals surface area contributed by atoms with E-state index < -0.39 is 0 Å². The third-order valence-corrected chi connectivity index (χ3v) is 4.90. The lowest BCUT2D eigenvalue weighted by molar-refractivity contribution is -0.117. The molecule has 0 atom stereocenters. The molecule has 1 aliphatic heterocycles. The van der Waals surface area contributed by atoms with Crippen LogP contribution in [0.2, 0.25) is 5.02 Å². The van der Waals surface area contributed by atoms with Gasteiger partial charge in [-0.2, -0.15) is 5.26 Å². The van der Waals surface area contributed by atoms with Crippen LogP contribution in [0.1, 0.15) is 16.9 Å². The molecule has 1 aromatic heterocycles. The zero-order valence-corrected chi connectivity index (χ0v) is 15.6. The van der Waals surface area contributed by atoms with Crippen LogP contribution in [0, 0.1) is 25.2 Å². The summed E-state index contributed by atoms with van der Waals surface area (Å²) in [5.74, 6) is 0.712. The molecule has 1 aliphatic rings. The summed E-state index contributed by atoms with van der Waals surface area (Å²) < 4.78 is 5.49. The summed E-state index contributed by atoms with van der Waals surface area (Å²) in [4.78, 5) is 16.7. The van der Waals surface area contributed by atoms with Gasteiger partial charge in [-0.1, -0.05) is 17.7 Å². The first kappa shape index (κ1) is 18.3. The highest BCUT2D eigenvalue weighted by Crippen LogP contribution is 2.25. The highest BCUT2D eigenvalue weighted by atomic mass is 35.5. The Labute approximate surface area is 157 Å². The van der Waals surface area contributed by atoms with Crippen molar-refractivity contribution in [3.05, 3.63) is 46.2 Å². The molecular formula is C19H21ClN4O2. The van der Waals surface area contributed by atoms with E-state index in [4.69, 9.17) is 16.0 Å². The van der Waals surface area contributed by atoms with Crippen molar-refractivity contribution in [1.29, 1.82) is 5.26 Å². The van der Waals surface area contributed by atoms with Gasteiger partial charge in [-0.3, -0.25) is 15.0 Å². The van der Waals surface area contributed by atoms with Crippen molar-refractivity contribution < 1.29 is 9.21 Å². The van der Waals surface area contributed by atoms with Crippen LogP contribution >= 0.6 is 11.6 Å². The molecular weight excluding hydrogens is 352 g/mol. The monoisotopic (exact) mass is 372 g/mol. The SMILES string of the molecule is Cc1oc(NC(=O)CN2CCN(c3cccc(Cl)c3)CC2)c(C#N)c1C. The van der Waals surface area contributed by atoms with Crippen LogP contribution < -0.4 is 10.2 Å². The predicted molar refractivity (Wildman–Crippen MR) is 102 cm³/mol. The molecule has 1 fully saturated rings. The fourth-order valence-electron chi connectivity index (χ4n) is 3.06. The van der Waals surface area contributed by atoms with Crippen LogP contribution in [0.15, 0.2) is 28.7 Å². The molecule has 0 saturated carbocycles. The number of hydrogen-bond acceptors (Lipinski definition) is 5. The van der Waals surface area contributed by atoms with Gasteiger partial charge in [0.05, 0.1) is 6.54 Å². The topological polar surface area (TPSA) is 72.5 Å². The molecule has 1 aromatic carbocycles. The van der Waals surface area contributed by atoms with Gasteiger partial charge in [0.25, 0.3) is 0 Å². The van der Waals surface area contributed by atoms with Crippen LogP contribution in [0.4, 0.5) is 11.6 Å². The predicted octanol–water partition coefficient (Wildman–Crippen LogP) is 3.18. The highest BCUT2D eigenvalue weighted by Gasteiger charge is 2.21. The van der Waals surface area contributed by atoms with E-state index in [2.05, 4.69) is 21.2 Å². The number of piperazine rings is 1. The van der Waals surface area contributed by atoms with E-state index in [0.29, 0.717) is 11.3 Å². The molecule has 1 amide bonds. The summed E-state index contributed by atoms with van der Waals surface area (Å²) in [6, 6.07) is 9.88. The Balaban J connectivity index is 1.54. The minimum absolute atomic E-state index is 0.175. The number of rotatable bonds is 4. The maximum atomic E-state index is 12.3. The second-order valence-corrected chi connectivity index (χ2v) is 6.83. The van der Waals surface area contributed by atoms with E-state index in [9.17, 15) is 10.1 Å². The summed E-state index contributed by atoms with van der Waals surface area (Å²) in [5, 5.41) is 12.7. The first-order valence-electron chi connectivity index (χ1n) is 8.50. The van der Waals surface area contributed by atoms with Gasteiger partial charge in [0.1, 0.15) is 17.4 Å². The van der Waals surface area contributed by atoms with Crippen LogP contribution in [-0.4, -0.2) is 43.5 Å². The van der Waals surface area contributed by atoms with Crippen LogP contribution in [-0.2, 0) is 4.79 Å². The van der Waals surface area contributed by atoms with E-state index in [1.54, 1.807) is 6.92 Å². The van der Waals surface area contributed by atoms with Crippen molar-refractivity contribution in [2.75, 3.05) is 42.9 Å². The molecule has 136 valence electrons. The van der Waals surface area contributed by atoms with Gasteiger partial charge in [-0.25, -0.2) is 0 Å². The second kappa shape index (κ2) is 7.81. The molecule has 26 heavy (non-hydrogen) atoms. The lowest BCUT2D eigenvalue weighted by Crippen LogP contribution is -2.48. The quantitative estimate of drug-likeness (QED) is 0.892. The van der Waals surface area contributed by atoms with Gasteiger partial charge in [0, 0.05) is 42.5 Å². The zero-order chi connectivity index (χ0) is 18.7. The molecule has 3 rings (SSSR count). The Bertz CT molecular complexity index is 848. The smallest absolute Gasteiger partial charge is 0.240 e.